The van der Waals surface area contributed by atoms with Gasteiger partial charge in [0.05, 0.1) is 23.9 Å². The number of carbonyl (C=O) groups is 5. The third-order valence-corrected chi connectivity index (χ3v) is 6.94. The van der Waals surface area contributed by atoms with E-state index in [1.54, 1.807) is 0 Å². The highest BCUT2D eigenvalue weighted by Gasteiger charge is 2.56. The highest BCUT2D eigenvalue weighted by Crippen LogP contribution is 2.57. The number of anilines is 1. The van der Waals surface area contributed by atoms with Crippen LogP contribution in [0.4, 0.5) is 5.69 Å². The molecule has 1 atom stereocenters. The summed E-state index contributed by atoms with van der Waals surface area (Å²) in [5, 5.41) is 35.4. The number of hydrogen-bond acceptors (Lipinski definition) is 10. The van der Waals surface area contributed by atoms with E-state index < -0.39 is 52.7 Å². The first-order valence-electron chi connectivity index (χ1n) is 12.0. The van der Waals surface area contributed by atoms with E-state index in [0.29, 0.717) is 0 Å². The molecule has 2 aliphatic rings. The number of phenolic OH excluding ortho intramolecular Hbond substituents is 2. The maximum atomic E-state index is 14.0. The molecule has 0 saturated carbocycles. The van der Waals surface area contributed by atoms with Crippen molar-refractivity contribution < 1.29 is 48.8 Å². The highest BCUT2D eigenvalue weighted by molar-refractivity contribution is 6.31. The summed E-state index contributed by atoms with van der Waals surface area (Å²) in [5.74, 6) is -4.88. The number of phenols is 2. The Kier molecular flexibility index (Phi) is 6.89. The second-order valence-electron chi connectivity index (χ2n) is 9.50. The molecule has 0 unspecified atom stereocenters. The van der Waals surface area contributed by atoms with Gasteiger partial charge in [0.25, 0.3) is 5.91 Å². The minimum atomic E-state index is -1.70. The molecule has 2 aromatic rings. The summed E-state index contributed by atoms with van der Waals surface area (Å²) in [6, 6.07) is 4.24. The Labute approximate surface area is 227 Å². The normalized spacial score (nSPS) is 18.7. The van der Waals surface area contributed by atoms with Crippen molar-refractivity contribution in [3.63, 3.8) is 0 Å². The lowest BCUT2D eigenvalue weighted by molar-refractivity contribution is -0.135. The highest BCUT2D eigenvalue weighted by atomic mass is 16.5. The molecule has 1 amide bonds. The number of aliphatic carboxylic acids is 1. The van der Waals surface area contributed by atoms with Crippen LogP contribution >= 0.6 is 0 Å². The Bertz CT molecular complexity index is 1600. The molecule has 0 spiro atoms. The second-order valence-corrected chi connectivity index (χ2v) is 9.50. The van der Waals surface area contributed by atoms with Gasteiger partial charge in [-0.05, 0) is 45.9 Å². The average Bonchev–Trinajstić information content (AvgIpc) is 3.18. The molecule has 4 rings (SSSR count). The molecule has 0 saturated heterocycles. The van der Waals surface area contributed by atoms with Crippen molar-refractivity contribution in [2.24, 2.45) is 0 Å². The molecule has 5 N–H and O–H groups in total. The number of hydrogen-bond donors (Lipinski definition) is 5. The summed E-state index contributed by atoms with van der Waals surface area (Å²) in [6.45, 7) is 4.90. The fraction of sp³-hybridized carbons (Fsp3) is 0.250. The van der Waals surface area contributed by atoms with Crippen LogP contribution in [0, 0.1) is 6.92 Å². The van der Waals surface area contributed by atoms with Crippen molar-refractivity contribution in [3.05, 3.63) is 63.6 Å². The SMILES string of the molecule is COc1ccc(C(=O)NCC(=O)O)cc1N/C(C)=C1\C(=O)C=C2Oc3c(C(C)=O)c(O)c(C)c(O)c3[C@@]2(C)C1=O. The van der Waals surface area contributed by atoms with Crippen molar-refractivity contribution in [2.45, 2.75) is 33.1 Å². The molecule has 0 fully saturated rings. The quantitative estimate of drug-likeness (QED) is 0.193. The van der Waals surface area contributed by atoms with Crippen molar-refractivity contribution in [3.8, 4) is 23.0 Å². The predicted octanol–water partition coefficient (Wildman–Crippen LogP) is 2.50. The van der Waals surface area contributed by atoms with E-state index in [2.05, 4.69) is 10.6 Å². The summed E-state index contributed by atoms with van der Waals surface area (Å²) in [7, 11) is 1.38. The van der Waals surface area contributed by atoms with Gasteiger partial charge in [0.15, 0.2) is 17.3 Å². The molecule has 1 aliphatic carbocycles. The van der Waals surface area contributed by atoms with Gasteiger partial charge in [0.2, 0.25) is 0 Å². The minimum absolute atomic E-state index is 0.0252. The number of amides is 1. The third kappa shape index (κ3) is 4.23. The first-order valence-corrected chi connectivity index (χ1v) is 12.0. The molecule has 40 heavy (non-hydrogen) atoms. The van der Waals surface area contributed by atoms with Gasteiger partial charge in [-0.1, -0.05) is 0 Å². The number of nitrogens with one attached hydrogen (secondary N) is 2. The molecule has 0 bridgehead atoms. The summed E-state index contributed by atoms with van der Waals surface area (Å²) in [5.41, 5.74) is -1.88. The van der Waals surface area contributed by atoms with E-state index >= 15 is 0 Å². The van der Waals surface area contributed by atoms with E-state index in [1.807, 2.05) is 0 Å². The largest absolute Gasteiger partial charge is 0.507 e. The summed E-state index contributed by atoms with van der Waals surface area (Å²) < 4.78 is 11.1. The zero-order valence-electron chi connectivity index (χ0n) is 22.2. The van der Waals surface area contributed by atoms with Crippen LogP contribution in [-0.4, -0.2) is 58.2 Å². The number of carbonyl (C=O) groups excluding carboxylic acids is 4. The lowest BCUT2D eigenvalue weighted by Crippen LogP contribution is -2.40. The van der Waals surface area contributed by atoms with E-state index in [1.165, 1.54) is 53.0 Å². The topological polar surface area (TPSA) is 189 Å². The predicted molar refractivity (Wildman–Crippen MR) is 140 cm³/mol. The Morgan fingerprint density at radius 2 is 1.77 bits per heavy atom. The molecule has 1 heterocycles. The van der Waals surface area contributed by atoms with Crippen molar-refractivity contribution in [1.82, 2.24) is 5.32 Å². The fourth-order valence-electron chi connectivity index (χ4n) is 4.83. The number of carboxylic acid groups (broad SMARTS) is 1. The van der Waals surface area contributed by atoms with E-state index in [-0.39, 0.29) is 56.5 Å². The second kappa shape index (κ2) is 9.88. The number of ketones is 3. The zero-order valence-corrected chi connectivity index (χ0v) is 22.2. The maximum Gasteiger partial charge on any atom is 0.322 e. The smallest absolute Gasteiger partial charge is 0.322 e. The average molecular weight is 551 g/mol. The molecule has 0 radical (unpaired) electrons. The van der Waals surface area contributed by atoms with Gasteiger partial charge in [-0.25, -0.2) is 0 Å². The van der Waals surface area contributed by atoms with Crippen LogP contribution in [0.15, 0.2) is 41.3 Å². The molecule has 0 aromatic heterocycles. The standard InChI is InChI=1S/C28H26N2O10/c1-11-23(35)21(13(3)31)25-22(24(11)36)28(4)18(40-25)9-16(32)20(26(28)37)12(2)30-15-8-14(6-7-17(15)39-5)27(38)29-10-19(33)34/h6-9,30,35-36H,10H2,1-5H3,(H,29,38)(H,33,34)/b20-12+/t28-/m0/s1. The van der Waals surface area contributed by atoms with Gasteiger partial charge in [-0.2, -0.15) is 0 Å². The Balaban J connectivity index is 1.81. The van der Waals surface area contributed by atoms with Crippen molar-refractivity contribution >= 4 is 34.9 Å². The van der Waals surface area contributed by atoms with Crippen LogP contribution in [0.1, 0.15) is 52.6 Å². The summed E-state index contributed by atoms with van der Waals surface area (Å²) >= 11 is 0. The first-order chi connectivity index (χ1) is 18.7. The third-order valence-electron chi connectivity index (χ3n) is 6.94. The number of aromatic hydroxyl groups is 2. The zero-order chi connectivity index (χ0) is 29.7. The van der Waals surface area contributed by atoms with Crippen LogP contribution in [0.2, 0.25) is 0 Å². The van der Waals surface area contributed by atoms with E-state index in [9.17, 15) is 34.2 Å². The lowest BCUT2D eigenvalue weighted by atomic mass is 9.70. The van der Waals surface area contributed by atoms with Crippen LogP contribution in [0.5, 0.6) is 23.0 Å². The number of fused-ring (bicyclic) bond motifs is 3. The number of allylic oxidation sites excluding steroid dienone is 4. The summed E-state index contributed by atoms with van der Waals surface area (Å²) in [4.78, 5) is 62.7. The minimum Gasteiger partial charge on any atom is -0.507 e. The van der Waals surface area contributed by atoms with Crippen molar-refractivity contribution in [2.75, 3.05) is 19.0 Å². The number of Topliss-reactive ketones (excluding diaryl/α,β-unsaturated/α-hetero) is 2. The van der Waals surface area contributed by atoms with Crippen LogP contribution < -0.4 is 20.1 Å². The molecule has 12 heteroatoms. The van der Waals surface area contributed by atoms with Gasteiger partial charge < -0.3 is 35.4 Å². The van der Waals surface area contributed by atoms with Gasteiger partial charge in [0.1, 0.15) is 46.3 Å². The van der Waals surface area contributed by atoms with E-state index in [4.69, 9.17) is 14.6 Å². The van der Waals surface area contributed by atoms with E-state index in [0.717, 1.165) is 6.08 Å². The van der Waals surface area contributed by atoms with Crippen molar-refractivity contribution in [1.29, 1.82) is 0 Å². The van der Waals surface area contributed by atoms with Crippen LogP contribution in [0.25, 0.3) is 0 Å². The van der Waals surface area contributed by atoms with Gasteiger partial charge in [0, 0.05) is 22.9 Å². The molecule has 1 aliphatic heterocycles. The molecule has 12 nitrogen and oxygen atoms in total. The van der Waals surface area contributed by atoms with Gasteiger partial charge >= 0.3 is 5.97 Å². The Morgan fingerprint density at radius 3 is 2.38 bits per heavy atom. The lowest BCUT2D eigenvalue weighted by Gasteiger charge is -2.29. The van der Waals surface area contributed by atoms with Crippen LogP contribution in [0.3, 0.4) is 0 Å². The summed E-state index contributed by atoms with van der Waals surface area (Å²) in [6.07, 6.45) is 1.09. The van der Waals surface area contributed by atoms with Gasteiger partial charge in [-0.3, -0.25) is 24.0 Å². The molecule has 2 aromatic carbocycles. The molecular formula is C28H26N2O10. The van der Waals surface area contributed by atoms with Gasteiger partial charge in [-0.15, -0.1) is 0 Å². The monoisotopic (exact) mass is 550 g/mol. The number of benzene rings is 2. The fourth-order valence-corrected chi connectivity index (χ4v) is 4.83. The molecular weight excluding hydrogens is 524 g/mol. The number of carboxylic acids is 1. The van der Waals surface area contributed by atoms with Crippen LogP contribution in [-0.2, 0) is 19.8 Å². The number of methoxy groups -OCH3 is 1. The Morgan fingerprint density at radius 1 is 1.10 bits per heavy atom. The maximum absolute atomic E-state index is 14.0. The number of ether oxygens (including phenoxy) is 2. The molecule has 208 valence electrons. The Hall–Kier alpha value is -5.13. The number of rotatable bonds is 7. The first kappa shape index (κ1) is 27.9.